The zero-order valence-corrected chi connectivity index (χ0v) is 13.0. The van der Waals surface area contributed by atoms with Gasteiger partial charge in [0.05, 0.1) is 0 Å². The lowest BCUT2D eigenvalue weighted by Crippen LogP contribution is -2.15. The third-order valence-corrected chi connectivity index (χ3v) is 4.22. The van der Waals surface area contributed by atoms with E-state index in [1.54, 1.807) is 6.07 Å². The van der Waals surface area contributed by atoms with E-state index in [9.17, 15) is 0 Å². The van der Waals surface area contributed by atoms with Crippen LogP contribution in [0.3, 0.4) is 0 Å². The average Bonchev–Trinajstić information content (AvgIpc) is 2.46. The van der Waals surface area contributed by atoms with Crippen LogP contribution in [0.2, 0.25) is 5.15 Å². The summed E-state index contributed by atoms with van der Waals surface area (Å²) in [5.41, 5.74) is 0. The predicted octanol–water partition coefficient (Wildman–Crippen LogP) is 3.77. The second-order valence-electron chi connectivity index (χ2n) is 3.92. The predicted molar refractivity (Wildman–Crippen MR) is 80.4 cm³/mol. The molecule has 2 heterocycles. The second kappa shape index (κ2) is 6.11. The minimum absolute atomic E-state index is 0.449. The van der Waals surface area contributed by atoms with Gasteiger partial charge in [-0.15, -0.1) is 0 Å². The molecule has 1 aromatic carbocycles. The fourth-order valence-corrected chi connectivity index (χ4v) is 3.31. The maximum absolute atomic E-state index is 5.99. The van der Waals surface area contributed by atoms with E-state index in [1.165, 1.54) is 23.5 Å². The maximum Gasteiger partial charge on any atom is 0.189 e. The summed E-state index contributed by atoms with van der Waals surface area (Å²) in [6, 6.07) is 7.60. The highest BCUT2D eigenvalue weighted by Gasteiger charge is 2.13. The number of halogens is 1. The van der Waals surface area contributed by atoms with Gasteiger partial charge in [-0.2, -0.15) is 0 Å². The summed E-state index contributed by atoms with van der Waals surface area (Å²) in [6.07, 6.45) is 1.92. The van der Waals surface area contributed by atoms with E-state index < -0.39 is 0 Å². The van der Waals surface area contributed by atoms with Crippen LogP contribution in [0.5, 0.6) is 11.5 Å². The number of benzene rings is 1. The summed E-state index contributed by atoms with van der Waals surface area (Å²) < 4.78 is 11.1. The first-order valence-corrected chi connectivity index (χ1v) is 8.32. The van der Waals surface area contributed by atoms with E-state index in [2.05, 4.69) is 9.97 Å². The Bertz CT molecular complexity index is 640. The number of hydrogen-bond acceptors (Lipinski definition) is 6. The van der Waals surface area contributed by atoms with E-state index >= 15 is 0 Å². The van der Waals surface area contributed by atoms with Crippen LogP contribution in [0.25, 0.3) is 0 Å². The van der Waals surface area contributed by atoms with Crippen molar-refractivity contribution in [3.05, 3.63) is 29.4 Å². The van der Waals surface area contributed by atoms with E-state index in [4.69, 9.17) is 21.1 Å². The lowest BCUT2D eigenvalue weighted by atomic mass is 10.3. The molecule has 7 heteroatoms. The number of ether oxygens (including phenoxy) is 2. The van der Waals surface area contributed by atoms with Gasteiger partial charge < -0.3 is 9.47 Å². The third-order valence-electron chi connectivity index (χ3n) is 2.57. The Morgan fingerprint density at radius 3 is 2.70 bits per heavy atom. The van der Waals surface area contributed by atoms with Crippen LogP contribution in [0.1, 0.15) is 0 Å². The molecule has 3 rings (SSSR count). The van der Waals surface area contributed by atoms with Crippen LogP contribution in [-0.2, 0) is 0 Å². The summed E-state index contributed by atoms with van der Waals surface area (Å²) in [4.78, 5) is 9.57. The summed E-state index contributed by atoms with van der Waals surface area (Å²) in [7, 11) is 0. The standard InChI is InChI=1S/C13H11ClN2O2S2/c1-19-13-15-11(14)7-12(16-13)20-8-2-3-9-10(6-8)18-5-4-17-9/h2-3,6-7H,4-5H2,1H3. The van der Waals surface area contributed by atoms with Crippen LogP contribution in [0.4, 0.5) is 0 Å². The molecule has 104 valence electrons. The molecule has 0 spiro atoms. The SMILES string of the molecule is CSc1nc(Cl)cc(Sc2ccc3c(c2)OCCO3)n1. The van der Waals surface area contributed by atoms with Gasteiger partial charge in [0.15, 0.2) is 16.7 Å². The summed E-state index contributed by atoms with van der Waals surface area (Å²) in [5.74, 6) is 1.55. The lowest BCUT2D eigenvalue weighted by Gasteiger charge is -2.18. The molecule has 0 radical (unpaired) electrons. The summed E-state index contributed by atoms with van der Waals surface area (Å²) in [5, 5.41) is 1.92. The molecule has 0 aliphatic carbocycles. The van der Waals surface area contributed by atoms with Gasteiger partial charge in [0.2, 0.25) is 0 Å². The van der Waals surface area contributed by atoms with Crippen molar-refractivity contribution in [3.63, 3.8) is 0 Å². The zero-order chi connectivity index (χ0) is 13.9. The van der Waals surface area contributed by atoms with Gasteiger partial charge >= 0.3 is 0 Å². The third kappa shape index (κ3) is 3.13. The van der Waals surface area contributed by atoms with Crippen molar-refractivity contribution in [2.45, 2.75) is 15.1 Å². The normalized spacial score (nSPS) is 13.3. The fraction of sp³-hybridized carbons (Fsp3) is 0.231. The minimum atomic E-state index is 0.449. The largest absolute Gasteiger partial charge is 0.486 e. The number of thioether (sulfide) groups is 1. The van der Waals surface area contributed by atoms with Crippen molar-refractivity contribution in [1.82, 2.24) is 9.97 Å². The molecule has 0 saturated carbocycles. The molecular formula is C13H11ClN2O2S2. The second-order valence-corrected chi connectivity index (χ2v) is 6.18. The van der Waals surface area contributed by atoms with E-state index in [1.807, 2.05) is 24.5 Å². The molecular weight excluding hydrogens is 316 g/mol. The van der Waals surface area contributed by atoms with Crippen molar-refractivity contribution < 1.29 is 9.47 Å². The topological polar surface area (TPSA) is 44.2 Å². The Hall–Kier alpha value is -1.11. The van der Waals surface area contributed by atoms with Crippen molar-refractivity contribution in [1.29, 1.82) is 0 Å². The van der Waals surface area contributed by atoms with E-state index in [0.717, 1.165) is 21.4 Å². The first-order valence-electron chi connectivity index (χ1n) is 5.91. The van der Waals surface area contributed by atoms with Crippen molar-refractivity contribution in [3.8, 4) is 11.5 Å². The van der Waals surface area contributed by atoms with Gasteiger partial charge in [0, 0.05) is 11.0 Å². The summed E-state index contributed by atoms with van der Waals surface area (Å²) >= 11 is 8.97. The molecule has 2 aromatic rings. The number of hydrogen-bond donors (Lipinski definition) is 0. The fourth-order valence-electron chi connectivity index (χ4n) is 1.73. The zero-order valence-electron chi connectivity index (χ0n) is 10.6. The Labute approximate surface area is 130 Å². The average molecular weight is 327 g/mol. The highest BCUT2D eigenvalue weighted by molar-refractivity contribution is 7.99. The van der Waals surface area contributed by atoms with Crippen LogP contribution in [0, 0.1) is 0 Å². The molecule has 1 aliphatic rings. The van der Waals surface area contributed by atoms with Crippen LogP contribution in [0.15, 0.2) is 39.3 Å². The molecule has 4 nitrogen and oxygen atoms in total. The molecule has 0 fully saturated rings. The highest BCUT2D eigenvalue weighted by Crippen LogP contribution is 2.36. The quantitative estimate of drug-likeness (QED) is 0.486. The Balaban J connectivity index is 1.85. The van der Waals surface area contributed by atoms with Gasteiger partial charge in [-0.1, -0.05) is 35.1 Å². The van der Waals surface area contributed by atoms with Crippen LogP contribution in [-0.4, -0.2) is 29.4 Å². The molecule has 0 saturated heterocycles. The van der Waals surface area contributed by atoms with Gasteiger partial charge in [0.1, 0.15) is 23.4 Å². The molecule has 0 unspecified atom stereocenters. The number of nitrogens with zero attached hydrogens (tertiary/aromatic N) is 2. The molecule has 0 N–H and O–H groups in total. The number of aromatic nitrogens is 2. The van der Waals surface area contributed by atoms with Crippen molar-refractivity contribution in [2.75, 3.05) is 19.5 Å². The van der Waals surface area contributed by atoms with Gasteiger partial charge in [-0.25, -0.2) is 9.97 Å². The first-order chi connectivity index (χ1) is 9.74. The Kier molecular flexibility index (Phi) is 4.24. The van der Waals surface area contributed by atoms with E-state index in [0.29, 0.717) is 23.5 Å². The van der Waals surface area contributed by atoms with Gasteiger partial charge in [-0.05, 0) is 24.5 Å². The molecule has 0 atom stereocenters. The molecule has 1 aromatic heterocycles. The number of rotatable bonds is 3. The van der Waals surface area contributed by atoms with Crippen LogP contribution < -0.4 is 9.47 Å². The Morgan fingerprint density at radius 1 is 1.10 bits per heavy atom. The molecule has 0 amide bonds. The van der Waals surface area contributed by atoms with Crippen molar-refractivity contribution in [2.24, 2.45) is 0 Å². The van der Waals surface area contributed by atoms with Gasteiger partial charge in [-0.3, -0.25) is 0 Å². The summed E-state index contributed by atoms with van der Waals surface area (Å²) in [6.45, 7) is 1.18. The maximum atomic E-state index is 5.99. The Morgan fingerprint density at radius 2 is 1.90 bits per heavy atom. The van der Waals surface area contributed by atoms with E-state index in [-0.39, 0.29) is 0 Å². The smallest absolute Gasteiger partial charge is 0.189 e. The monoisotopic (exact) mass is 326 g/mol. The van der Waals surface area contributed by atoms with Crippen molar-refractivity contribution >= 4 is 35.1 Å². The molecule has 1 aliphatic heterocycles. The highest BCUT2D eigenvalue weighted by atomic mass is 35.5. The van der Waals surface area contributed by atoms with Gasteiger partial charge in [0.25, 0.3) is 0 Å². The number of fused-ring (bicyclic) bond motifs is 1. The van der Waals surface area contributed by atoms with Crippen LogP contribution >= 0.6 is 35.1 Å². The minimum Gasteiger partial charge on any atom is -0.486 e. The molecule has 0 bridgehead atoms. The lowest BCUT2D eigenvalue weighted by molar-refractivity contribution is 0.171. The molecule has 20 heavy (non-hydrogen) atoms. The first kappa shape index (κ1) is 13.9.